The van der Waals surface area contributed by atoms with E-state index in [-0.39, 0.29) is 23.0 Å². The second-order valence-electron chi connectivity index (χ2n) is 5.35. The van der Waals surface area contributed by atoms with E-state index in [1.807, 2.05) is 0 Å². The first kappa shape index (κ1) is 17.0. The van der Waals surface area contributed by atoms with Crippen LogP contribution in [-0.4, -0.2) is 18.9 Å². The molecule has 1 aromatic carbocycles. The molecule has 2 aromatic rings. The minimum atomic E-state index is -3.48. The SMILES string of the molecule is CC(=O)Nc1ccccc1CS(=O)(=O)Cc1ccn(C)c(=O)c1. The van der Waals surface area contributed by atoms with Crippen LogP contribution in [0.2, 0.25) is 0 Å². The zero-order valence-electron chi connectivity index (χ0n) is 12.9. The molecule has 0 fully saturated rings. The zero-order chi connectivity index (χ0) is 17.0. The number of nitrogens with zero attached hydrogens (tertiary/aromatic N) is 1. The van der Waals surface area contributed by atoms with Crippen molar-refractivity contribution < 1.29 is 13.2 Å². The monoisotopic (exact) mass is 334 g/mol. The van der Waals surface area contributed by atoms with Crippen molar-refractivity contribution in [2.24, 2.45) is 7.05 Å². The van der Waals surface area contributed by atoms with Crippen molar-refractivity contribution in [3.05, 3.63) is 64.1 Å². The maximum absolute atomic E-state index is 12.4. The highest BCUT2D eigenvalue weighted by Gasteiger charge is 2.16. The van der Waals surface area contributed by atoms with Crippen LogP contribution in [0, 0.1) is 0 Å². The molecule has 0 bridgehead atoms. The molecule has 1 heterocycles. The van der Waals surface area contributed by atoms with Crippen molar-refractivity contribution in [3.8, 4) is 0 Å². The molecule has 0 aliphatic heterocycles. The lowest BCUT2D eigenvalue weighted by molar-refractivity contribution is -0.114. The van der Waals surface area contributed by atoms with Crippen LogP contribution in [0.5, 0.6) is 0 Å². The molecule has 0 aliphatic carbocycles. The number of nitrogens with one attached hydrogen (secondary N) is 1. The lowest BCUT2D eigenvalue weighted by Crippen LogP contribution is -2.17. The van der Waals surface area contributed by atoms with Crippen LogP contribution < -0.4 is 10.9 Å². The first-order valence-corrected chi connectivity index (χ1v) is 8.80. The third kappa shape index (κ3) is 4.79. The van der Waals surface area contributed by atoms with Gasteiger partial charge in [0.1, 0.15) is 0 Å². The second-order valence-corrected chi connectivity index (χ2v) is 7.42. The summed E-state index contributed by atoms with van der Waals surface area (Å²) in [4.78, 5) is 22.8. The standard InChI is InChI=1S/C16H18N2O4S/c1-12(19)17-15-6-4-3-5-14(15)11-23(21,22)10-13-7-8-18(2)16(20)9-13/h3-9H,10-11H2,1-2H3,(H,17,19). The fourth-order valence-corrected chi connectivity index (χ4v) is 3.69. The van der Waals surface area contributed by atoms with E-state index in [1.165, 1.54) is 17.6 Å². The minimum Gasteiger partial charge on any atom is -0.326 e. The Hall–Kier alpha value is -2.41. The van der Waals surface area contributed by atoms with E-state index in [0.717, 1.165) is 0 Å². The molecule has 0 radical (unpaired) electrons. The predicted molar refractivity (Wildman–Crippen MR) is 88.8 cm³/mol. The van der Waals surface area contributed by atoms with Gasteiger partial charge in [0.25, 0.3) is 5.56 Å². The predicted octanol–water partition coefficient (Wildman–Crippen LogP) is 1.46. The summed E-state index contributed by atoms with van der Waals surface area (Å²) in [6, 6.07) is 9.68. The van der Waals surface area contributed by atoms with Gasteiger partial charge in [0.15, 0.2) is 9.84 Å². The van der Waals surface area contributed by atoms with Gasteiger partial charge in [-0.2, -0.15) is 0 Å². The Kier molecular flexibility index (Phi) is 5.00. The van der Waals surface area contributed by atoms with Crippen LogP contribution >= 0.6 is 0 Å². The number of amides is 1. The fraction of sp³-hybridized carbons (Fsp3) is 0.250. The molecule has 0 aliphatic rings. The summed E-state index contributed by atoms with van der Waals surface area (Å²) in [5, 5.41) is 2.62. The van der Waals surface area contributed by atoms with Crippen LogP contribution in [0.15, 0.2) is 47.4 Å². The summed E-state index contributed by atoms with van der Waals surface area (Å²) in [6.07, 6.45) is 1.54. The van der Waals surface area contributed by atoms with Gasteiger partial charge >= 0.3 is 0 Å². The number of hydrogen-bond donors (Lipinski definition) is 1. The Labute approximate surface area is 134 Å². The van der Waals surface area contributed by atoms with Gasteiger partial charge < -0.3 is 9.88 Å². The molecule has 0 spiro atoms. The van der Waals surface area contributed by atoms with Gasteiger partial charge in [0.2, 0.25) is 5.91 Å². The van der Waals surface area contributed by atoms with Crippen molar-refractivity contribution in [1.82, 2.24) is 4.57 Å². The quantitative estimate of drug-likeness (QED) is 0.897. The number of aromatic nitrogens is 1. The molecule has 122 valence electrons. The number of carbonyl (C=O) groups excluding carboxylic acids is 1. The Bertz CT molecular complexity index is 885. The molecule has 1 amide bonds. The Morgan fingerprint density at radius 2 is 1.87 bits per heavy atom. The molecule has 2 rings (SSSR count). The highest BCUT2D eigenvalue weighted by molar-refractivity contribution is 7.89. The number of pyridine rings is 1. The Balaban J connectivity index is 2.23. The first-order chi connectivity index (χ1) is 10.8. The van der Waals surface area contributed by atoms with Gasteiger partial charge in [-0.05, 0) is 23.3 Å². The Morgan fingerprint density at radius 3 is 2.52 bits per heavy atom. The molecule has 0 saturated heterocycles. The topological polar surface area (TPSA) is 85.2 Å². The maximum atomic E-state index is 12.4. The third-order valence-electron chi connectivity index (χ3n) is 3.26. The smallest absolute Gasteiger partial charge is 0.250 e. The van der Waals surface area contributed by atoms with Crippen molar-refractivity contribution in [2.75, 3.05) is 5.32 Å². The number of sulfone groups is 1. The summed E-state index contributed by atoms with van der Waals surface area (Å²) in [5.74, 6) is -0.697. The average molecular weight is 334 g/mol. The van der Waals surface area contributed by atoms with Crippen LogP contribution in [0.25, 0.3) is 0 Å². The number of carbonyl (C=O) groups is 1. The van der Waals surface area contributed by atoms with Crippen molar-refractivity contribution in [1.29, 1.82) is 0 Å². The largest absolute Gasteiger partial charge is 0.326 e. The van der Waals surface area contributed by atoms with Gasteiger partial charge in [-0.15, -0.1) is 0 Å². The normalized spacial score (nSPS) is 11.2. The molecule has 23 heavy (non-hydrogen) atoms. The minimum absolute atomic E-state index is 0.210. The van der Waals surface area contributed by atoms with E-state index in [4.69, 9.17) is 0 Å². The van der Waals surface area contributed by atoms with Gasteiger partial charge in [0, 0.05) is 31.9 Å². The summed E-state index contributed by atoms with van der Waals surface area (Å²) in [5.41, 5.74) is 1.19. The first-order valence-electron chi connectivity index (χ1n) is 6.98. The molecule has 7 heteroatoms. The number of rotatable bonds is 5. The fourth-order valence-electron chi connectivity index (χ4n) is 2.18. The lowest BCUT2D eigenvalue weighted by atomic mass is 10.2. The van der Waals surface area contributed by atoms with E-state index in [0.29, 0.717) is 16.8 Å². The molecule has 0 unspecified atom stereocenters. The number of aryl methyl sites for hydroxylation is 1. The van der Waals surface area contributed by atoms with E-state index >= 15 is 0 Å². The van der Waals surface area contributed by atoms with Crippen LogP contribution in [-0.2, 0) is 33.2 Å². The number of anilines is 1. The van der Waals surface area contributed by atoms with E-state index < -0.39 is 9.84 Å². The zero-order valence-corrected chi connectivity index (χ0v) is 13.8. The van der Waals surface area contributed by atoms with Gasteiger partial charge in [-0.1, -0.05) is 18.2 Å². The summed E-state index contributed by atoms with van der Waals surface area (Å²) < 4.78 is 26.1. The third-order valence-corrected chi connectivity index (χ3v) is 4.78. The number of hydrogen-bond acceptors (Lipinski definition) is 4. The summed E-state index contributed by atoms with van der Waals surface area (Å²) >= 11 is 0. The highest BCUT2D eigenvalue weighted by Crippen LogP contribution is 2.19. The van der Waals surface area contributed by atoms with E-state index in [9.17, 15) is 18.0 Å². The van der Waals surface area contributed by atoms with E-state index in [1.54, 1.807) is 43.6 Å². The van der Waals surface area contributed by atoms with Crippen molar-refractivity contribution in [3.63, 3.8) is 0 Å². The van der Waals surface area contributed by atoms with Crippen LogP contribution in [0.1, 0.15) is 18.1 Å². The van der Waals surface area contributed by atoms with Gasteiger partial charge in [-0.25, -0.2) is 8.42 Å². The molecule has 6 nitrogen and oxygen atoms in total. The van der Waals surface area contributed by atoms with Gasteiger partial charge in [0.05, 0.1) is 11.5 Å². The van der Waals surface area contributed by atoms with E-state index in [2.05, 4.69) is 5.32 Å². The molecule has 1 aromatic heterocycles. The number of para-hydroxylation sites is 1. The summed E-state index contributed by atoms with van der Waals surface area (Å²) in [7, 11) is -1.87. The van der Waals surface area contributed by atoms with Crippen LogP contribution in [0.4, 0.5) is 5.69 Å². The van der Waals surface area contributed by atoms with Gasteiger partial charge in [-0.3, -0.25) is 9.59 Å². The average Bonchev–Trinajstić information content (AvgIpc) is 2.44. The van der Waals surface area contributed by atoms with Crippen molar-refractivity contribution in [2.45, 2.75) is 18.4 Å². The molecular weight excluding hydrogens is 316 g/mol. The lowest BCUT2D eigenvalue weighted by Gasteiger charge is -2.10. The number of benzene rings is 1. The summed E-state index contributed by atoms with van der Waals surface area (Å²) in [6.45, 7) is 1.37. The molecular formula is C16H18N2O4S. The maximum Gasteiger partial charge on any atom is 0.250 e. The van der Waals surface area contributed by atoms with Crippen molar-refractivity contribution >= 4 is 21.4 Å². The van der Waals surface area contributed by atoms with Crippen LogP contribution in [0.3, 0.4) is 0 Å². The highest BCUT2D eigenvalue weighted by atomic mass is 32.2. The Morgan fingerprint density at radius 1 is 1.17 bits per heavy atom. The molecule has 1 N–H and O–H groups in total. The molecule has 0 saturated carbocycles. The second kappa shape index (κ2) is 6.78. The molecule has 0 atom stereocenters.